The monoisotopic (exact) mass is 336 g/mol. The second-order valence-corrected chi connectivity index (χ2v) is 8.25. The SMILES string of the molecule is CCC1N(c2c(C)ccc3c2oc2ncccc23)[C@@H](C)C(C)C1(C)C. The van der Waals surface area contributed by atoms with E-state index >= 15 is 0 Å². The summed E-state index contributed by atoms with van der Waals surface area (Å²) in [5.41, 5.74) is 4.53. The smallest absolute Gasteiger partial charge is 0.227 e. The van der Waals surface area contributed by atoms with Gasteiger partial charge in [-0.05, 0) is 49.3 Å². The van der Waals surface area contributed by atoms with Gasteiger partial charge in [-0.15, -0.1) is 0 Å². The molecule has 132 valence electrons. The van der Waals surface area contributed by atoms with Crippen LogP contribution >= 0.6 is 0 Å². The van der Waals surface area contributed by atoms with Crippen molar-refractivity contribution in [3.63, 3.8) is 0 Å². The Morgan fingerprint density at radius 3 is 2.64 bits per heavy atom. The molecule has 3 atom stereocenters. The number of hydrogen-bond acceptors (Lipinski definition) is 3. The average Bonchev–Trinajstić information content (AvgIpc) is 3.04. The fourth-order valence-corrected chi connectivity index (χ4v) is 4.97. The van der Waals surface area contributed by atoms with Gasteiger partial charge in [-0.1, -0.05) is 39.8 Å². The van der Waals surface area contributed by atoms with Crippen LogP contribution in [0, 0.1) is 18.3 Å². The van der Waals surface area contributed by atoms with Crippen molar-refractivity contribution in [1.82, 2.24) is 4.98 Å². The lowest BCUT2D eigenvalue weighted by atomic mass is 9.75. The van der Waals surface area contributed by atoms with Crippen molar-refractivity contribution < 1.29 is 4.42 Å². The van der Waals surface area contributed by atoms with E-state index in [-0.39, 0.29) is 5.41 Å². The van der Waals surface area contributed by atoms with Crippen LogP contribution in [0.4, 0.5) is 5.69 Å². The first-order valence-electron chi connectivity index (χ1n) is 9.43. The number of hydrogen-bond donors (Lipinski definition) is 0. The number of aromatic nitrogens is 1. The summed E-state index contributed by atoms with van der Waals surface area (Å²) in [4.78, 5) is 7.06. The Balaban J connectivity index is 2.01. The Bertz CT molecular complexity index is 940. The second kappa shape index (κ2) is 5.48. The maximum atomic E-state index is 6.27. The molecular weight excluding hydrogens is 308 g/mol. The summed E-state index contributed by atoms with van der Waals surface area (Å²) in [6.07, 6.45) is 2.94. The van der Waals surface area contributed by atoms with Crippen molar-refractivity contribution in [2.45, 2.75) is 60.0 Å². The number of anilines is 1. The summed E-state index contributed by atoms with van der Waals surface area (Å²) >= 11 is 0. The van der Waals surface area contributed by atoms with Gasteiger partial charge < -0.3 is 9.32 Å². The number of aryl methyl sites for hydroxylation is 1. The van der Waals surface area contributed by atoms with E-state index in [2.05, 4.69) is 69.6 Å². The Labute approximate surface area is 150 Å². The molecule has 0 saturated carbocycles. The number of furan rings is 1. The zero-order valence-electron chi connectivity index (χ0n) is 16.1. The fourth-order valence-electron chi connectivity index (χ4n) is 4.97. The van der Waals surface area contributed by atoms with E-state index in [9.17, 15) is 0 Å². The highest BCUT2D eigenvalue weighted by Gasteiger charge is 2.50. The summed E-state index contributed by atoms with van der Waals surface area (Å²) < 4.78 is 6.27. The molecule has 4 rings (SSSR count). The minimum atomic E-state index is 0.271. The molecule has 2 unspecified atom stereocenters. The normalized spacial score (nSPS) is 26.0. The Morgan fingerprint density at radius 1 is 1.16 bits per heavy atom. The lowest BCUT2D eigenvalue weighted by Gasteiger charge is -2.35. The van der Waals surface area contributed by atoms with Crippen molar-refractivity contribution >= 4 is 27.8 Å². The van der Waals surface area contributed by atoms with Gasteiger partial charge in [-0.3, -0.25) is 0 Å². The molecule has 0 radical (unpaired) electrons. The van der Waals surface area contributed by atoms with Crippen LogP contribution < -0.4 is 4.90 Å². The first kappa shape index (κ1) is 16.4. The van der Waals surface area contributed by atoms with Crippen LogP contribution in [0.5, 0.6) is 0 Å². The molecule has 0 bridgehead atoms. The topological polar surface area (TPSA) is 29.3 Å². The molecule has 25 heavy (non-hydrogen) atoms. The Kier molecular flexibility index (Phi) is 3.61. The highest BCUT2D eigenvalue weighted by molar-refractivity contribution is 6.08. The summed E-state index contributed by atoms with van der Waals surface area (Å²) in [6, 6.07) is 9.47. The van der Waals surface area contributed by atoms with Crippen LogP contribution in [0.1, 0.15) is 46.6 Å². The molecule has 3 aromatic rings. The lowest BCUT2D eigenvalue weighted by Crippen LogP contribution is -2.39. The van der Waals surface area contributed by atoms with Gasteiger partial charge in [0.2, 0.25) is 5.71 Å². The van der Waals surface area contributed by atoms with E-state index in [0.717, 1.165) is 23.1 Å². The molecule has 0 aliphatic carbocycles. The number of benzene rings is 1. The van der Waals surface area contributed by atoms with E-state index in [1.807, 2.05) is 6.07 Å². The van der Waals surface area contributed by atoms with Crippen LogP contribution in [0.2, 0.25) is 0 Å². The molecule has 0 amide bonds. The molecule has 1 fully saturated rings. The number of pyridine rings is 1. The van der Waals surface area contributed by atoms with Gasteiger partial charge in [0, 0.05) is 29.1 Å². The summed E-state index contributed by atoms with van der Waals surface area (Å²) in [5.74, 6) is 0.620. The predicted octanol–water partition coefficient (Wildman–Crippen LogP) is 5.94. The van der Waals surface area contributed by atoms with Crippen molar-refractivity contribution in [1.29, 1.82) is 0 Å². The van der Waals surface area contributed by atoms with Crippen molar-refractivity contribution in [2.75, 3.05) is 4.90 Å². The molecule has 1 saturated heterocycles. The Hall–Kier alpha value is -2.03. The average molecular weight is 336 g/mol. The van der Waals surface area contributed by atoms with Crippen molar-refractivity contribution in [2.24, 2.45) is 11.3 Å². The largest absolute Gasteiger partial charge is 0.436 e. The van der Waals surface area contributed by atoms with E-state index < -0.39 is 0 Å². The number of nitrogens with zero attached hydrogens (tertiary/aromatic N) is 2. The molecule has 3 heteroatoms. The van der Waals surface area contributed by atoms with Crippen LogP contribution in [0.25, 0.3) is 22.1 Å². The molecule has 0 N–H and O–H groups in total. The minimum Gasteiger partial charge on any atom is -0.436 e. The zero-order valence-corrected chi connectivity index (χ0v) is 16.1. The van der Waals surface area contributed by atoms with Gasteiger partial charge in [0.1, 0.15) is 0 Å². The second-order valence-electron chi connectivity index (χ2n) is 8.25. The maximum absolute atomic E-state index is 6.27. The van der Waals surface area contributed by atoms with Gasteiger partial charge >= 0.3 is 0 Å². The lowest BCUT2D eigenvalue weighted by molar-refractivity contribution is 0.237. The van der Waals surface area contributed by atoms with Gasteiger partial charge in [-0.2, -0.15) is 0 Å². The van der Waals surface area contributed by atoms with E-state index in [4.69, 9.17) is 4.42 Å². The van der Waals surface area contributed by atoms with E-state index in [0.29, 0.717) is 18.0 Å². The number of rotatable bonds is 2. The van der Waals surface area contributed by atoms with Crippen molar-refractivity contribution in [3.05, 3.63) is 36.0 Å². The molecule has 1 aliphatic rings. The van der Waals surface area contributed by atoms with Gasteiger partial charge in [0.15, 0.2) is 5.58 Å². The number of fused-ring (bicyclic) bond motifs is 3. The molecule has 3 nitrogen and oxygen atoms in total. The standard InChI is InChI=1S/C22H28N2O/c1-7-18-22(5,6)14(3)15(4)24(18)19-13(2)10-11-16-17-9-8-12-23-21(17)25-20(16)19/h8-12,14-15,18H,7H2,1-6H3/t14?,15-,18?/m0/s1. The first-order chi connectivity index (χ1) is 11.9. The van der Waals surface area contributed by atoms with Crippen LogP contribution in [-0.2, 0) is 0 Å². The van der Waals surface area contributed by atoms with Crippen LogP contribution in [0.15, 0.2) is 34.9 Å². The minimum absolute atomic E-state index is 0.271. The van der Waals surface area contributed by atoms with E-state index in [1.165, 1.54) is 16.6 Å². The fraction of sp³-hybridized carbons (Fsp3) is 0.500. The quantitative estimate of drug-likeness (QED) is 0.580. The third-order valence-electron chi connectivity index (χ3n) is 6.77. The molecule has 0 spiro atoms. The molecule has 1 aliphatic heterocycles. The predicted molar refractivity (Wildman–Crippen MR) is 105 cm³/mol. The third kappa shape index (κ3) is 2.14. The summed E-state index contributed by atoms with van der Waals surface area (Å²) in [7, 11) is 0. The van der Waals surface area contributed by atoms with E-state index in [1.54, 1.807) is 6.20 Å². The summed E-state index contributed by atoms with van der Waals surface area (Å²) in [5, 5.41) is 2.27. The molecule has 1 aromatic carbocycles. The van der Waals surface area contributed by atoms with Gasteiger partial charge in [-0.25, -0.2) is 4.98 Å². The summed E-state index contributed by atoms with van der Waals surface area (Å²) in [6.45, 7) is 14.1. The maximum Gasteiger partial charge on any atom is 0.227 e. The van der Waals surface area contributed by atoms with Gasteiger partial charge in [0.05, 0.1) is 5.69 Å². The van der Waals surface area contributed by atoms with Gasteiger partial charge in [0.25, 0.3) is 0 Å². The molecule has 2 aromatic heterocycles. The molecular formula is C22H28N2O. The Morgan fingerprint density at radius 2 is 1.92 bits per heavy atom. The zero-order chi connectivity index (χ0) is 17.9. The third-order valence-corrected chi connectivity index (χ3v) is 6.77. The highest BCUT2D eigenvalue weighted by Crippen LogP contribution is 2.50. The molecule has 3 heterocycles. The first-order valence-corrected chi connectivity index (χ1v) is 9.43. The van der Waals surface area contributed by atoms with Crippen LogP contribution in [0.3, 0.4) is 0 Å². The van der Waals surface area contributed by atoms with Crippen LogP contribution in [-0.4, -0.2) is 17.1 Å². The highest BCUT2D eigenvalue weighted by atomic mass is 16.3. The van der Waals surface area contributed by atoms with Crippen molar-refractivity contribution in [3.8, 4) is 0 Å².